The molecule has 0 saturated carbocycles. The summed E-state index contributed by atoms with van der Waals surface area (Å²) in [5.74, 6) is 0.0258. The fourth-order valence-electron chi connectivity index (χ4n) is 2.13. The monoisotopic (exact) mass is 344 g/mol. The molecule has 1 saturated heterocycles. The van der Waals surface area contributed by atoms with Gasteiger partial charge in [0.15, 0.2) is 6.29 Å². The molecule has 1 aliphatic rings. The average Bonchev–Trinajstić information content (AvgIpc) is 2.58. The molecule has 0 unspecified atom stereocenters. The number of pyridine rings is 1. The van der Waals surface area contributed by atoms with Gasteiger partial charge in [-0.15, -0.1) is 0 Å². The first-order valence-electron chi connectivity index (χ1n) is 7.37. The topological polar surface area (TPSA) is 78.9 Å². The minimum absolute atomic E-state index is 0.0394. The van der Waals surface area contributed by atoms with Crippen molar-refractivity contribution >= 4 is 17.5 Å². The predicted molar refractivity (Wildman–Crippen MR) is 83.9 cm³/mol. The summed E-state index contributed by atoms with van der Waals surface area (Å²) in [4.78, 5) is 16.2. The second-order valence-corrected chi connectivity index (χ2v) is 5.46. The molecule has 1 N–H and O–H groups in total. The van der Waals surface area contributed by atoms with Crippen LogP contribution in [0.4, 0.5) is 0 Å². The van der Waals surface area contributed by atoms with Crippen LogP contribution in [0.5, 0.6) is 5.88 Å². The summed E-state index contributed by atoms with van der Waals surface area (Å²) >= 11 is 6.16. The summed E-state index contributed by atoms with van der Waals surface area (Å²) < 4.78 is 21.0. The minimum atomic E-state index is -0.501. The van der Waals surface area contributed by atoms with Crippen LogP contribution in [0.1, 0.15) is 23.2 Å². The first-order valence-corrected chi connectivity index (χ1v) is 7.75. The van der Waals surface area contributed by atoms with E-state index in [0.29, 0.717) is 29.7 Å². The average molecular weight is 345 g/mol. The highest BCUT2D eigenvalue weighted by Crippen LogP contribution is 2.25. The van der Waals surface area contributed by atoms with E-state index < -0.39 is 6.29 Å². The number of ether oxygens (including phenoxy) is 4. The van der Waals surface area contributed by atoms with Crippen molar-refractivity contribution in [2.75, 3.05) is 34.0 Å². The maximum atomic E-state index is 12.1. The second kappa shape index (κ2) is 9.02. The van der Waals surface area contributed by atoms with E-state index in [-0.39, 0.29) is 18.6 Å². The van der Waals surface area contributed by atoms with Crippen molar-refractivity contribution in [2.45, 2.75) is 25.2 Å². The van der Waals surface area contributed by atoms with Gasteiger partial charge in [-0.05, 0) is 6.07 Å². The van der Waals surface area contributed by atoms with Gasteiger partial charge >= 0.3 is 0 Å². The lowest BCUT2D eigenvalue weighted by Crippen LogP contribution is -2.34. The first-order chi connectivity index (χ1) is 11.1. The SMILES string of the molecule is COC(CNC(=O)c1cnc(OC2CCOCC2)c(Cl)c1)OC. The lowest BCUT2D eigenvalue weighted by Gasteiger charge is -2.23. The number of aromatic nitrogens is 1. The highest BCUT2D eigenvalue weighted by Gasteiger charge is 2.18. The van der Waals surface area contributed by atoms with E-state index in [9.17, 15) is 4.79 Å². The highest BCUT2D eigenvalue weighted by molar-refractivity contribution is 6.32. The molecule has 0 radical (unpaired) electrons. The molecule has 2 heterocycles. The number of nitrogens with one attached hydrogen (secondary N) is 1. The van der Waals surface area contributed by atoms with Gasteiger partial charge in [0.25, 0.3) is 5.91 Å². The Morgan fingerprint density at radius 1 is 1.43 bits per heavy atom. The number of carbonyl (C=O) groups excluding carboxylic acids is 1. The first kappa shape index (κ1) is 17.9. The van der Waals surface area contributed by atoms with Crippen molar-refractivity contribution in [3.05, 3.63) is 22.8 Å². The van der Waals surface area contributed by atoms with Crippen LogP contribution in [0.15, 0.2) is 12.3 Å². The Labute approximate surface area is 140 Å². The van der Waals surface area contributed by atoms with E-state index in [0.717, 1.165) is 12.8 Å². The molecule has 0 bridgehead atoms. The normalized spacial score (nSPS) is 15.7. The molecule has 1 amide bonds. The molecular weight excluding hydrogens is 324 g/mol. The lowest BCUT2D eigenvalue weighted by molar-refractivity contribution is -0.0974. The molecule has 128 valence electrons. The number of methoxy groups -OCH3 is 2. The number of carbonyl (C=O) groups is 1. The molecule has 1 aliphatic heterocycles. The Kier molecular flexibility index (Phi) is 7.04. The molecule has 8 heteroatoms. The molecule has 1 fully saturated rings. The number of nitrogens with zero attached hydrogens (tertiary/aromatic N) is 1. The molecule has 2 rings (SSSR count). The summed E-state index contributed by atoms with van der Waals surface area (Å²) in [6.45, 7) is 1.57. The van der Waals surface area contributed by atoms with Gasteiger partial charge in [0.05, 0.1) is 25.3 Å². The number of rotatable bonds is 7. The van der Waals surface area contributed by atoms with Crippen LogP contribution in [-0.4, -0.2) is 57.3 Å². The van der Waals surface area contributed by atoms with Gasteiger partial charge in [-0.25, -0.2) is 4.98 Å². The van der Waals surface area contributed by atoms with Crippen LogP contribution in [0.25, 0.3) is 0 Å². The Morgan fingerprint density at radius 2 is 2.13 bits per heavy atom. The zero-order valence-electron chi connectivity index (χ0n) is 13.2. The van der Waals surface area contributed by atoms with Crippen molar-refractivity contribution < 1.29 is 23.7 Å². The molecule has 0 atom stereocenters. The predicted octanol–water partition coefficient (Wildman–Crippen LogP) is 1.64. The smallest absolute Gasteiger partial charge is 0.253 e. The number of amides is 1. The van der Waals surface area contributed by atoms with E-state index in [2.05, 4.69) is 10.3 Å². The van der Waals surface area contributed by atoms with Crippen molar-refractivity contribution in [3.63, 3.8) is 0 Å². The third kappa shape index (κ3) is 5.31. The van der Waals surface area contributed by atoms with E-state index in [1.54, 1.807) is 0 Å². The quantitative estimate of drug-likeness (QED) is 0.758. The van der Waals surface area contributed by atoms with E-state index in [1.165, 1.54) is 26.5 Å². The van der Waals surface area contributed by atoms with Gasteiger partial charge in [0, 0.05) is 33.3 Å². The molecule has 23 heavy (non-hydrogen) atoms. The number of halogens is 1. The maximum Gasteiger partial charge on any atom is 0.253 e. The van der Waals surface area contributed by atoms with Gasteiger partial charge in [0.2, 0.25) is 5.88 Å². The van der Waals surface area contributed by atoms with Gasteiger partial charge in [-0.1, -0.05) is 11.6 Å². The summed E-state index contributed by atoms with van der Waals surface area (Å²) in [6, 6.07) is 1.53. The van der Waals surface area contributed by atoms with Crippen molar-refractivity contribution in [1.29, 1.82) is 0 Å². The van der Waals surface area contributed by atoms with Gasteiger partial charge < -0.3 is 24.3 Å². The number of hydrogen-bond acceptors (Lipinski definition) is 6. The van der Waals surface area contributed by atoms with Crippen LogP contribution >= 0.6 is 11.6 Å². The summed E-state index contributed by atoms with van der Waals surface area (Å²) in [5.41, 5.74) is 0.347. The standard InChI is InChI=1S/C15H21ClN2O5/c1-20-13(21-2)9-17-14(19)10-7-12(16)15(18-8-10)23-11-3-5-22-6-4-11/h7-8,11,13H,3-6,9H2,1-2H3,(H,17,19). The summed E-state index contributed by atoms with van der Waals surface area (Å²) in [7, 11) is 3.00. The van der Waals surface area contributed by atoms with Gasteiger partial charge in [-0.3, -0.25) is 4.79 Å². The van der Waals surface area contributed by atoms with Crippen LogP contribution in [0.3, 0.4) is 0 Å². The highest BCUT2D eigenvalue weighted by atomic mass is 35.5. The zero-order valence-corrected chi connectivity index (χ0v) is 14.0. The zero-order chi connectivity index (χ0) is 16.7. The van der Waals surface area contributed by atoms with E-state index in [1.807, 2.05) is 0 Å². The minimum Gasteiger partial charge on any atom is -0.473 e. The molecule has 0 spiro atoms. The lowest BCUT2D eigenvalue weighted by atomic mass is 10.1. The summed E-state index contributed by atoms with van der Waals surface area (Å²) in [6.07, 6.45) is 2.58. The van der Waals surface area contributed by atoms with Crippen molar-refractivity contribution in [3.8, 4) is 5.88 Å². The molecule has 7 nitrogen and oxygen atoms in total. The Bertz CT molecular complexity index is 519. The van der Waals surface area contributed by atoms with E-state index >= 15 is 0 Å². The molecule has 1 aromatic rings. The Hall–Kier alpha value is -1.41. The Balaban J connectivity index is 1.93. The molecule has 0 aliphatic carbocycles. The van der Waals surface area contributed by atoms with Crippen LogP contribution in [0, 0.1) is 0 Å². The van der Waals surface area contributed by atoms with Gasteiger partial charge in [0.1, 0.15) is 11.1 Å². The van der Waals surface area contributed by atoms with E-state index in [4.69, 9.17) is 30.5 Å². The third-order valence-corrected chi connectivity index (χ3v) is 3.74. The third-order valence-electron chi connectivity index (χ3n) is 3.47. The molecule has 0 aromatic carbocycles. The maximum absolute atomic E-state index is 12.1. The Morgan fingerprint density at radius 3 is 2.74 bits per heavy atom. The largest absolute Gasteiger partial charge is 0.473 e. The van der Waals surface area contributed by atoms with Gasteiger partial charge in [-0.2, -0.15) is 0 Å². The number of hydrogen-bond donors (Lipinski definition) is 1. The second-order valence-electron chi connectivity index (χ2n) is 5.05. The van der Waals surface area contributed by atoms with Crippen molar-refractivity contribution in [1.82, 2.24) is 10.3 Å². The summed E-state index contributed by atoms with van der Waals surface area (Å²) in [5, 5.41) is 2.99. The fourth-order valence-corrected chi connectivity index (χ4v) is 2.34. The van der Waals surface area contributed by atoms with Crippen LogP contribution < -0.4 is 10.1 Å². The van der Waals surface area contributed by atoms with Crippen LogP contribution in [-0.2, 0) is 14.2 Å². The van der Waals surface area contributed by atoms with Crippen molar-refractivity contribution in [2.24, 2.45) is 0 Å². The molecule has 1 aromatic heterocycles. The van der Waals surface area contributed by atoms with Crippen LogP contribution in [0.2, 0.25) is 5.02 Å². The fraction of sp³-hybridized carbons (Fsp3) is 0.600. The molecular formula is C15H21ClN2O5.